The molecule has 2 rings (SSSR count). The molecule has 0 aromatic heterocycles. The predicted octanol–water partition coefficient (Wildman–Crippen LogP) is 2.82. The third-order valence-electron chi connectivity index (χ3n) is 4.09. The van der Waals surface area contributed by atoms with Crippen molar-refractivity contribution in [3.63, 3.8) is 0 Å². The minimum Gasteiger partial charge on any atom is -0.341 e. The van der Waals surface area contributed by atoms with E-state index in [0.717, 1.165) is 31.5 Å². The molecule has 0 saturated carbocycles. The van der Waals surface area contributed by atoms with Crippen LogP contribution >= 0.6 is 0 Å². The average Bonchev–Trinajstić information content (AvgIpc) is 2.49. The molecule has 0 aliphatic carbocycles. The molecule has 1 heterocycles. The summed E-state index contributed by atoms with van der Waals surface area (Å²) in [7, 11) is 1.85. The molecule has 1 saturated heterocycles. The lowest BCUT2D eigenvalue weighted by atomic mass is 10.0. The van der Waals surface area contributed by atoms with Crippen LogP contribution in [0.3, 0.4) is 0 Å². The Morgan fingerprint density at radius 2 is 2.29 bits per heavy atom. The Morgan fingerprint density at radius 1 is 1.52 bits per heavy atom. The number of amides is 1. The van der Waals surface area contributed by atoms with Gasteiger partial charge in [0.1, 0.15) is 5.82 Å². The van der Waals surface area contributed by atoms with Crippen LogP contribution in [0.25, 0.3) is 0 Å². The van der Waals surface area contributed by atoms with E-state index in [-0.39, 0.29) is 17.8 Å². The van der Waals surface area contributed by atoms with E-state index in [4.69, 9.17) is 0 Å². The summed E-state index contributed by atoms with van der Waals surface area (Å²) < 4.78 is 13.7. The van der Waals surface area contributed by atoms with Gasteiger partial charge in [0, 0.05) is 38.2 Å². The molecule has 1 aliphatic heterocycles. The largest absolute Gasteiger partial charge is 0.341 e. The summed E-state index contributed by atoms with van der Waals surface area (Å²) in [6, 6.07) is 7.10. The Labute approximate surface area is 126 Å². The maximum atomic E-state index is 13.7. The van der Waals surface area contributed by atoms with Gasteiger partial charge in [-0.15, -0.1) is 6.58 Å². The van der Waals surface area contributed by atoms with Gasteiger partial charge in [0.15, 0.2) is 0 Å². The summed E-state index contributed by atoms with van der Waals surface area (Å²) in [5.74, 6) is -0.0570. The van der Waals surface area contributed by atoms with Gasteiger partial charge >= 0.3 is 0 Å². The van der Waals surface area contributed by atoms with Gasteiger partial charge in [0.25, 0.3) is 0 Å². The molecule has 3 nitrogen and oxygen atoms in total. The summed E-state index contributed by atoms with van der Waals surface area (Å²) >= 11 is 0. The number of benzene rings is 1. The van der Waals surface area contributed by atoms with E-state index in [0.29, 0.717) is 13.0 Å². The van der Waals surface area contributed by atoms with Gasteiger partial charge in [-0.3, -0.25) is 9.69 Å². The molecular weight excluding hydrogens is 267 g/mol. The molecular formula is C17H23FN2O. The fourth-order valence-corrected chi connectivity index (χ4v) is 2.83. The van der Waals surface area contributed by atoms with Crippen LogP contribution in [0, 0.1) is 5.82 Å². The fourth-order valence-electron chi connectivity index (χ4n) is 2.83. The smallest absolute Gasteiger partial charge is 0.226 e. The van der Waals surface area contributed by atoms with Crippen molar-refractivity contribution in [3.8, 4) is 0 Å². The lowest BCUT2D eigenvalue weighted by Gasteiger charge is -2.37. The molecule has 1 amide bonds. The zero-order valence-electron chi connectivity index (χ0n) is 12.6. The number of likely N-dealkylation sites (tertiary alicyclic amines) is 1. The number of nitrogens with zero attached hydrogens (tertiary/aromatic N) is 2. The van der Waals surface area contributed by atoms with Crippen molar-refractivity contribution in [2.45, 2.75) is 31.8 Å². The molecule has 1 aromatic carbocycles. The average molecular weight is 290 g/mol. The Morgan fingerprint density at radius 3 is 3.00 bits per heavy atom. The number of piperidine rings is 1. The molecule has 0 radical (unpaired) electrons. The van der Waals surface area contributed by atoms with Gasteiger partial charge in [-0.1, -0.05) is 24.3 Å². The minimum atomic E-state index is -0.157. The molecule has 21 heavy (non-hydrogen) atoms. The summed E-state index contributed by atoms with van der Waals surface area (Å²) in [5, 5.41) is 0. The van der Waals surface area contributed by atoms with Gasteiger partial charge in [-0.2, -0.15) is 0 Å². The Bertz CT molecular complexity index is 503. The molecule has 0 spiro atoms. The Balaban J connectivity index is 1.96. The molecule has 1 aromatic rings. The van der Waals surface area contributed by atoms with Crippen molar-refractivity contribution in [3.05, 3.63) is 48.3 Å². The molecule has 4 heteroatoms. The van der Waals surface area contributed by atoms with Crippen molar-refractivity contribution >= 4 is 5.91 Å². The Kier molecular flexibility index (Phi) is 5.51. The highest BCUT2D eigenvalue weighted by atomic mass is 19.1. The van der Waals surface area contributed by atoms with E-state index < -0.39 is 0 Å². The van der Waals surface area contributed by atoms with Crippen molar-refractivity contribution in [1.82, 2.24) is 9.80 Å². The van der Waals surface area contributed by atoms with E-state index >= 15 is 0 Å². The molecule has 0 unspecified atom stereocenters. The van der Waals surface area contributed by atoms with Crippen LogP contribution in [-0.2, 0) is 11.3 Å². The van der Waals surface area contributed by atoms with E-state index in [1.165, 1.54) is 6.07 Å². The molecule has 0 bridgehead atoms. The van der Waals surface area contributed by atoms with Crippen LogP contribution in [0.5, 0.6) is 0 Å². The van der Waals surface area contributed by atoms with Gasteiger partial charge in [0.05, 0.1) is 0 Å². The number of carbonyl (C=O) groups excluding carboxylic acids is 1. The number of hydrogen-bond donors (Lipinski definition) is 0. The zero-order chi connectivity index (χ0) is 15.2. The summed E-state index contributed by atoms with van der Waals surface area (Å²) in [6.07, 6.45) is 4.05. The number of carbonyl (C=O) groups is 1. The number of halogens is 1. The van der Waals surface area contributed by atoms with Crippen molar-refractivity contribution in [1.29, 1.82) is 0 Å². The first-order valence-corrected chi connectivity index (χ1v) is 7.44. The van der Waals surface area contributed by atoms with Gasteiger partial charge < -0.3 is 4.90 Å². The Hall–Kier alpha value is -1.68. The topological polar surface area (TPSA) is 23.6 Å². The van der Waals surface area contributed by atoms with Crippen LogP contribution < -0.4 is 0 Å². The summed E-state index contributed by atoms with van der Waals surface area (Å²) in [5.41, 5.74) is 0.721. The van der Waals surface area contributed by atoms with Crippen LogP contribution in [-0.4, -0.2) is 41.9 Å². The number of rotatable bonds is 5. The molecule has 1 aliphatic rings. The van der Waals surface area contributed by atoms with Gasteiger partial charge in [0.2, 0.25) is 5.91 Å². The van der Waals surface area contributed by atoms with Crippen LogP contribution in [0.2, 0.25) is 0 Å². The maximum absolute atomic E-state index is 13.7. The van der Waals surface area contributed by atoms with E-state index in [1.54, 1.807) is 12.1 Å². The minimum absolute atomic E-state index is 0.0998. The number of hydrogen-bond acceptors (Lipinski definition) is 2. The predicted molar refractivity (Wildman–Crippen MR) is 82.3 cm³/mol. The number of likely N-dealkylation sites (N-methyl/N-ethyl adjacent to an activating group) is 1. The first-order chi connectivity index (χ1) is 10.1. The van der Waals surface area contributed by atoms with Gasteiger partial charge in [-0.25, -0.2) is 4.39 Å². The highest BCUT2D eigenvalue weighted by Gasteiger charge is 2.25. The highest BCUT2D eigenvalue weighted by Crippen LogP contribution is 2.19. The molecule has 0 N–H and O–H groups in total. The standard InChI is InChI=1S/C17H23FN2O/c1-3-7-17(21)19(2)15-9-6-11-20(13-15)12-14-8-4-5-10-16(14)18/h3-5,8,10,15H,1,6-7,9,11-13H2,2H3/t15-/m1/s1. The molecule has 114 valence electrons. The second kappa shape index (κ2) is 7.36. The fraction of sp³-hybridized carbons (Fsp3) is 0.471. The SMILES string of the molecule is C=CCC(=O)N(C)[C@@H]1CCCN(Cc2ccccc2F)C1. The zero-order valence-corrected chi connectivity index (χ0v) is 12.6. The summed E-state index contributed by atoms with van der Waals surface area (Å²) in [4.78, 5) is 16.0. The highest BCUT2D eigenvalue weighted by molar-refractivity contribution is 5.77. The maximum Gasteiger partial charge on any atom is 0.226 e. The first-order valence-electron chi connectivity index (χ1n) is 7.44. The normalized spacial score (nSPS) is 19.2. The van der Waals surface area contributed by atoms with E-state index in [1.807, 2.05) is 24.1 Å². The third-order valence-corrected chi connectivity index (χ3v) is 4.09. The monoisotopic (exact) mass is 290 g/mol. The van der Waals surface area contributed by atoms with Gasteiger partial charge in [-0.05, 0) is 25.5 Å². The van der Waals surface area contributed by atoms with Crippen molar-refractivity contribution in [2.75, 3.05) is 20.1 Å². The van der Waals surface area contributed by atoms with E-state index in [9.17, 15) is 9.18 Å². The molecule has 1 atom stereocenters. The van der Waals surface area contributed by atoms with Crippen LogP contribution in [0.15, 0.2) is 36.9 Å². The second-order valence-electron chi connectivity index (χ2n) is 5.62. The summed E-state index contributed by atoms with van der Waals surface area (Å²) in [6.45, 7) is 5.96. The van der Waals surface area contributed by atoms with Crippen LogP contribution in [0.1, 0.15) is 24.8 Å². The lowest BCUT2D eigenvalue weighted by Crippen LogP contribution is -2.48. The quantitative estimate of drug-likeness (QED) is 0.779. The van der Waals surface area contributed by atoms with Crippen molar-refractivity contribution < 1.29 is 9.18 Å². The first kappa shape index (κ1) is 15.7. The second-order valence-corrected chi connectivity index (χ2v) is 5.62. The lowest BCUT2D eigenvalue weighted by molar-refractivity contribution is -0.132. The molecule has 1 fully saturated rings. The van der Waals surface area contributed by atoms with E-state index in [2.05, 4.69) is 11.5 Å². The third kappa shape index (κ3) is 4.14. The van der Waals surface area contributed by atoms with Crippen molar-refractivity contribution in [2.24, 2.45) is 0 Å². The van der Waals surface area contributed by atoms with Crippen LogP contribution in [0.4, 0.5) is 4.39 Å².